The minimum Gasteiger partial charge on any atom is -0.490 e. The van der Waals surface area contributed by atoms with E-state index < -0.39 is 5.62 Å². The van der Waals surface area contributed by atoms with Crippen LogP contribution >= 0.6 is 0 Å². The lowest BCUT2D eigenvalue weighted by molar-refractivity contribution is -0.155. The third-order valence-electron chi connectivity index (χ3n) is 4.07. The summed E-state index contributed by atoms with van der Waals surface area (Å²) in [7, 11) is 5.60. The molecular formula is C17H25BFNO2. The minimum atomic E-state index is -1.14. The molecule has 0 bridgehead atoms. The molecule has 5 heteroatoms. The number of ether oxygens (including phenoxy) is 2. The standard InChI is InChI=1S/C17H25BFNO2/c1-3-6-12(7-4-2)11-21-14-9-5-8-13(16(14)19)15-10-17(18,20)22-15/h5,8-9,12,15H,3-4,6-7,10-11,20H2,1-2H3. The van der Waals surface area contributed by atoms with Gasteiger partial charge >= 0.3 is 0 Å². The van der Waals surface area contributed by atoms with Crippen LogP contribution in [0.15, 0.2) is 18.2 Å². The summed E-state index contributed by atoms with van der Waals surface area (Å²) in [6.45, 7) is 4.86. The molecule has 2 unspecified atom stereocenters. The average molecular weight is 305 g/mol. The molecule has 0 spiro atoms. The van der Waals surface area contributed by atoms with Crippen LogP contribution in [0.2, 0.25) is 0 Å². The zero-order valence-corrected chi connectivity index (χ0v) is 13.5. The van der Waals surface area contributed by atoms with Crippen molar-refractivity contribution in [3.63, 3.8) is 0 Å². The van der Waals surface area contributed by atoms with Crippen molar-refractivity contribution < 1.29 is 13.9 Å². The maximum atomic E-state index is 14.5. The predicted molar refractivity (Wildman–Crippen MR) is 86.3 cm³/mol. The van der Waals surface area contributed by atoms with Crippen LogP contribution in [0.25, 0.3) is 0 Å². The Hall–Kier alpha value is -1.07. The summed E-state index contributed by atoms with van der Waals surface area (Å²) >= 11 is 0. The highest BCUT2D eigenvalue weighted by molar-refractivity contribution is 6.14. The van der Waals surface area contributed by atoms with Crippen LogP contribution in [0, 0.1) is 11.7 Å². The van der Waals surface area contributed by atoms with E-state index in [1.165, 1.54) is 0 Å². The van der Waals surface area contributed by atoms with Crippen LogP contribution in [0.5, 0.6) is 5.75 Å². The summed E-state index contributed by atoms with van der Waals surface area (Å²) in [6, 6.07) is 5.13. The van der Waals surface area contributed by atoms with E-state index in [9.17, 15) is 4.39 Å². The first-order valence-corrected chi connectivity index (χ1v) is 8.13. The molecule has 0 saturated carbocycles. The van der Waals surface area contributed by atoms with Gasteiger partial charge in [-0.2, -0.15) is 0 Å². The van der Waals surface area contributed by atoms with Gasteiger partial charge < -0.3 is 15.2 Å². The van der Waals surface area contributed by atoms with Crippen molar-refractivity contribution in [3.8, 4) is 5.75 Å². The number of halogens is 1. The number of rotatable bonds is 8. The van der Waals surface area contributed by atoms with E-state index in [2.05, 4.69) is 13.8 Å². The minimum absolute atomic E-state index is 0.282. The van der Waals surface area contributed by atoms with Crippen LogP contribution in [0.1, 0.15) is 57.6 Å². The van der Waals surface area contributed by atoms with Gasteiger partial charge in [0.2, 0.25) is 0 Å². The summed E-state index contributed by atoms with van der Waals surface area (Å²) in [5, 5.41) is 0. The Morgan fingerprint density at radius 1 is 1.41 bits per heavy atom. The fourth-order valence-corrected chi connectivity index (χ4v) is 2.94. The molecule has 3 nitrogen and oxygen atoms in total. The van der Waals surface area contributed by atoms with Gasteiger partial charge in [0.1, 0.15) is 7.85 Å². The Kier molecular flexibility index (Phi) is 5.87. The molecule has 1 aromatic rings. The molecule has 1 heterocycles. The fraction of sp³-hybridized carbons (Fsp3) is 0.647. The molecule has 2 N–H and O–H groups in total. The zero-order valence-electron chi connectivity index (χ0n) is 13.5. The Labute approximate surface area is 133 Å². The van der Waals surface area contributed by atoms with Gasteiger partial charge in [0.15, 0.2) is 11.6 Å². The summed E-state index contributed by atoms with van der Waals surface area (Å²) < 4.78 is 25.6. The van der Waals surface area contributed by atoms with Gasteiger partial charge in [-0.3, -0.25) is 0 Å². The lowest BCUT2D eigenvalue weighted by Crippen LogP contribution is -2.54. The van der Waals surface area contributed by atoms with Gasteiger partial charge in [0, 0.05) is 12.0 Å². The lowest BCUT2D eigenvalue weighted by atomic mass is 9.79. The number of hydrogen-bond acceptors (Lipinski definition) is 3. The molecule has 0 aromatic heterocycles. The molecule has 22 heavy (non-hydrogen) atoms. The summed E-state index contributed by atoms with van der Waals surface area (Å²) in [5.74, 6) is 0.387. The van der Waals surface area contributed by atoms with Crippen molar-refractivity contribution in [1.82, 2.24) is 0 Å². The van der Waals surface area contributed by atoms with E-state index in [1.54, 1.807) is 18.2 Å². The second-order valence-electron chi connectivity index (χ2n) is 6.18. The first-order valence-electron chi connectivity index (χ1n) is 8.13. The number of nitrogens with two attached hydrogens (primary N) is 1. The smallest absolute Gasteiger partial charge is 0.170 e. The van der Waals surface area contributed by atoms with Gasteiger partial charge in [-0.1, -0.05) is 38.8 Å². The van der Waals surface area contributed by atoms with Crippen molar-refractivity contribution in [3.05, 3.63) is 29.6 Å². The quantitative estimate of drug-likeness (QED) is 0.745. The van der Waals surface area contributed by atoms with Crippen molar-refractivity contribution in [1.29, 1.82) is 0 Å². The van der Waals surface area contributed by atoms with Crippen LogP contribution in [-0.2, 0) is 4.74 Å². The molecule has 2 atom stereocenters. The Bertz CT molecular complexity index is 482. The topological polar surface area (TPSA) is 44.5 Å². The Balaban J connectivity index is 2.00. The highest BCUT2D eigenvalue weighted by Gasteiger charge is 2.39. The molecular weight excluding hydrogens is 280 g/mol. The molecule has 0 amide bonds. The molecule has 1 aliphatic rings. The van der Waals surface area contributed by atoms with E-state index in [-0.39, 0.29) is 17.7 Å². The maximum absolute atomic E-state index is 14.5. The van der Waals surface area contributed by atoms with Crippen molar-refractivity contribution in [2.45, 2.75) is 57.7 Å². The van der Waals surface area contributed by atoms with Crippen molar-refractivity contribution >= 4 is 7.85 Å². The third-order valence-corrected chi connectivity index (χ3v) is 4.07. The molecule has 1 fully saturated rings. The molecule has 120 valence electrons. The highest BCUT2D eigenvalue weighted by Crippen LogP contribution is 2.40. The van der Waals surface area contributed by atoms with Crippen LogP contribution in [0.3, 0.4) is 0 Å². The SMILES string of the molecule is [B]C1(N)CC(c2cccc(OCC(CCC)CCC)c2F)O1. The van der Waals surface area contributed by atoms with Gasteiger partial charge in [0.25, 0.3) is 0 Å². The fourth-order valence-electron chi connectivity index (χ4n) is 2.94. The van der Waals surface area contributed by atoms with E-state index in [1.807, 2.05) is 0 Å². The highest BCUT2D eigenvalue weighted by atomic mass is 19.1. The first-order chi connectivity index (χ1) is 10.5. The van der Waals surface area contributed by atoms with Gasteiger partial charge in [-0.25, -0.2) is 4.39 Å². The molecule has 2 rings (SSSR count). The lowest BCUT2D eigenvalue weighted by Gasteiger charge is -2.43. The zero-order chi connectivity index (χ0) is 16.2. The second kappa shape index (κ2) is 7.47. The summed E-state index contributed by atoms with van der Waals surface area (Å²) in [6.07, 6.45) is 4.44. The molecule has 2 radical (unpaired) electrons. The van der Waals surface area contributed by atoms with Crippen LogP contribution < -0.4 is 10.5 Å². The molecule has 1 aromatic carbocycles. The Morgan fingerprint density at radius 3 is 2.59 bits per heavy atom. The maximum Gasteiger partial charge on any atom is 0.170 e. The normalized spacial score (nSPS) is 24.3. The van der Waals surface area contributed by atoms with Crippen LogP contribution in [-0.4, -0.2) is 20.1 Å². The second-order valence-corrected chi connectivity index (χ2v) is 6.18. The van der Waals surface area contributed by atoms with Gasteiger partial charge in [-0.15, -0.1) is 0 Å². The monoisotopic (exact) mass is 305 g/mol. The summed E-state index contributed by atoms with van der Waals surface area (Å²) in [4.78, 5) is 0. The predicted octanol–water partition coefficient (Wildman–Crippen LogP) is 3.66. The van der Waals surface area contributed by atoms with E-state index >= 15 is 0 Å². The number of hydrogen-bond donors (Lipinski definition) is 1. The van der Waals surface area contributed by atoms with Crippen molar-refractivity contribution in [2.24, 2.45) is 11.7 Å². The largest absolute Gasteiger partial charge is 0.490 e. The third kappa shape index (κ3) is 4.23. The average Bonchev–Trinajstić information content (AvgIpc) is 2.44. The molecule has 1 saturated heterocycles. The van der Waals surface area contributed by atoms with Gasteiger partial charge in [-0.05, 0) is 24.8 Å². The van der Waals surface area contributed by atoms with E-state index in [0.29, 0.717) is 24.5 Å². The van der Waals surface area contributed by atoms with E-state index in [4.69, 9.17) is 23.1 Å². The molecule has 1 aliphatic heterocycles. The Morgan fingerprint density at radius 2 is 2.05 bits per heavy atom. The summed E-state index contributed by atoms with van der Waals surface area (Å²) in [5.41, 5.74) is 4.93. The van der Waals surface area contributed by atoms with Crippen molar-refractivity contribution in [2.75, 3.05) is 6.61 Å². The first kappa shape index (κ1) is 17.3. The molecule has 0 aliphatic carbocycles. The van der Waals surface area contributed by atoms with E-state index in [0.717, 1.165) is 25.7 Å². The van der Waals surface area contributed by atoms with Crippen LogP contribution in [0.4, 0.5) is 4.39 Å². The van der Waals surface area contributed by atoms with Gasteiger partial charge in [0.05, 0.1) is 18.3 Å². The number of benzene rings is 1.